The number of nitrogens with one attached hydrogen (secondary N) is 1. The maximum Gasteiger partial charge on any atom is 0.352 e. The maximum atomic E-state index is 12.4. The third-order valence-corrected chi connectivity index (χ3v) is 5.82. The Balaban J connectivity index is 1.65. The van der Waals surface area contributed by atoms with Crippen molar-refractivity contribution in [3.63, 3.8) is 0 Å². The first kappa shape index (κ1) is 23.2. The van der Waals surface area contributed by atoms with Gasteiger partial charge in [0, 0.05) is 36.1 Å². The highest BCUT2D eigenvalue weighted by Gasteiger charge is 2.22. The van der Waals surface area contributed by atoms with E-state index >= 15 is 0 Å². The number of benzene rings is 3. The molecule has 0 fully saturated rings. The molecule has 1 aromatic heterocycles. The molecule has 4 rings (SSSR count). The molecule has 0 spiro atoms. The van der Waals surface area contributed by atoms with Crippen LogP contribution in [0.2, 0.25) is 0 Å². The fourth-order valence-corrected chi connectivity index (χ4v) is 4.30. The normalized spacial score (nSPS) is 10.9. The summed E-state index contributed by atoms with van der Waals surface area (Å²) in [6.07, 6.45) is 0. The van der Waals surface area contributed by atoms with Crippen LogP contribution in [0.25, 0.3) is 10.9 Å². The lowest BCUT2D eigenvalue weighted by atomic mass is 10.1. The van der Waals surface area contributed by atoms with Gasteiger partial charge in [-0.15, -0.1) is 0 Å². The summed E-state index contributed by atoms with van der Waals surface area (Å²) >= 11 is 0. The van der Waals surface area contributed by atoms with Gasteiger partial charge < -0.3 is 29.2 Å². The number of carbonyl (C=O) groups is 1. The van der Waals surface area contributed by atoms with Gasteiger partial charge in [0.2, 0.25) is 5.75 Å². The van der Waals surface area contributed by atoms with Gasteiger partial charge in [-0.1, -0.05) is 48.5 Å². The quantitative estimate of drug-likeness (QED) is 0.357. The van der Waals surface area contributed by atoms with E-state index in [0.717, 1.165) is 27.6 Å². The number of para-hydroxylation sites is 1. The highest BCUT2D eigenvalue weighted by molar-refractivity contribution is 5.98. The van der Waals surface area contributed by atoms with Gasteiger partial charge in [-0.25, -0.2) is 4.79 Å². The Morgan fingerprint density at radius 3 is 2.12 bits per heavy atom. The average Bonchev–Trinajstić information content (AvgIpc) is 3.17. The molecule has 1 heterocycles. The topological polar surface area (TPSA) is 82.0 Å². The van der Waals surface area contributed by atoms with E-state index in [1.807, 2.05) is 71.3 Å². The van der Waals surface area contributed by atoms with Crippen molar-refractivity contribution in [2.45, 2.75) is 19.6 Å². The number of rotatable bonds is 10. The second-order valence-electron chi connectivity index (χ2n) is 7.86. The second kappa shape index (κ2) is 10.3. The first-order chi connectivity index (χ1) is 16.6. The van der Waals surface area contributed by atoms with Crippen LogP contribution in [-0.4, -0.2) is 37.0 Å². The fraction of sp³-hybridized carbons (Fsp3) is 0.222. The third kappa shape index (κ3) is 4.56. The molecule has 2 N–H and O–H groups in total. The Hall–Kier alpha value is -3.97. The van der Waals surface area contributed by atoms with E-state index in [1.165, 1.54) is 0 Å². The van der Waals surface area contributed by atoms with Gasteiger partial charge in [0.25, 0.3) is 0 Å². The van der Waals surface area contributed by atoms with Gasteiger partial charge in [-0.05, 0) is 29.3 Å². The lowest BCUT2D eigenvalue weighted by Crippen LogP contribution is -2.17. The summed E-state index contributed by atoms with van der Waals surface area (Å²) in [5.41, 5.74) is 3.92. The number of carboxylic acid groups (broad SMARTS) is 1. The summed E-state index contributed by atoms with van der Waals surface area (Å²) < 4.78 is 18.1. The molecular weight excluding hydrogens is 432 g/mol. The number of carboxylic acids is 1. The summed E-state index contributed by atoms with van der Waals surface area (Å²) in [7, 11) is 4.72. The highest BCUT2D eigenvalue weighted by Crippen LogP contribution is 2.38. The lowest BCUT2D eigenvalue weighted by Gasteiger charge is -2.14. The van der Waals surface area contributed by atoms with E-state index < -0.39 is 5.97 Å². The zero-order chi connectivity index (χ0) is 24.1. The van der Waals surface area contributed by atoms with Crippen molar-refractivity contribution < 1.29 is 24.1 Å². The van der Waals surface area contributed by atoms with Gasteiger partial charge in [0.05, 0.1) is 21.3 Å². The highest BCUT2D eigenvalue weighted by atomic mass is 16.5. The molecule has 0 atom stereocenters. The van der Waals surface area contributed by atoms with Gasteiger partial charge in [-0.3, -0.25) is 0 Å². The molecule has 3 aromatic carbocycles. The second-order valence-corrected chi connectivity index (χ2v) is 7.86. The molecule has 0 saturated heterocycles. The van der Waals surface area contributed by atoms with Crippen molar-refractivity contribution >= 4 is 16.9 Å². The molecule has 0 aliphatic rings. The fourth-order valence-electron chi connectivity index (χ4n) is 4.30. The Morgan fingerprint density at radius 1 is 0.853 bits per heavy atom. The zero-order valence-corrected chi connectivity index (χ0v) is 19.5. The van der Waals surface area contributed by atoms with Crippen LogP contribution in [0.3, 0.4) is 0 Å². The first-order valence-corrected chi connectivity index (χ1v) is 10.9. The average molecular weight is 461 g/mol. The van der Waals surface area contributed by atoms with Crippen LogP contribution < -0.4 is 19.5 Å². The SMILES string of the molecule is COc1cc(CNCc2c(C(=O)O)n(Cc3ccccc3)c3ccccc23)cc(OC)c1OC. The summed E-state index contributed by atoms with van der Waals surface area (Å²) in [6.45, 7) is 1.37. The van der Waals surface area contributed by atoms with Crippen LogP contribution in [0.5, 0.6) is 17.2 Å². The third-order valence-electron chi connectivity index (χ3n) is 5.82. The summed E-state index contributed by atoms with van der Waals surface area (Å²) in [6, 6.07) is 21.4. The largest absolute Gasteiger partial charge is 0.493 e. The number of ether oxygens (including phenoxy) is 3. The minimum Gasteiger partial charge on any atom is -0.493 e. The van der Waals surface area contributed by atoms with Crippen molar-refractivity contribution in [3.05, 3.63) is 89.1 Å². The van der Waals surface area contributed by atoms with Gasteiger partial charge in [-0.2, -0.15) is 0 Å². The molecule has 0 amide bonds. The Morgan fingerprint density at radius 2 is 1.50 bits per heavy atom. The van der Waals surface area contributed by atoms with Gasteiger partial charge >= 0.3 is 5.97 Å². The lowest BCUT2D eigenvalue weighted by molar-refractivity contribution is 0.0684. The molecule has 0 radical (unpaired) electrons. The number of aromatic carboxylic acids is 1. The summed E-state index contributed by atoms with van der Waals surface area (Å²) in [5, 5.41) is 14.5. The standard InChI is InChI=1S/C27H28N2O5/c1-32-23-13-19(14-24(33-2)26(23)34-3)15-28-16-21-20-11-7-8-12-22(20)29(25(21)27(30)31)17-18-9-5-4-6-10-18/h4-14,28H,15-17H2,1-3H3,(H,30,31). The molecule has 34 heavy (non-hydrogen) atoms. The number of hydrogen-bond acceptors (Lipinski definition) is 5. The predicted octanol–water partition coefficient (Wildman–Crippen LogP) is 4.70. The maximum absolute atomic E-state index is 12.4. The molecular formula is C27H28N2O5. The van der Waals surface area contributed by atoms with Crippen molar-refractivity contribution in [1.29, 1.82) is 0 Å². The predicted molar refractivity (Wildman–Crippen MR) is 131 cm³/mol. The van der Waals surface area contributed by atoms with Crippen molar-refractivity contribution in [2.24, 2.45) is 0 Å². The first-order valence-electron chi connectivity index (χ1n) is 10.9. The molecule has 176 valence electrons. The van der Waals surface area contributed by atoms with Crippen molar-refractivity contribution in [3.8, 4) is 17.2 Å². The van der Waals surface area contributed by atoms with Crippen molar-refractivity contribution in [2.75, 3.05) is 21.3 Å². The summed E-state index contributed by atoms with van der Waals surface area (Å²) in [5.74, 6) is 0.733. The molecule has 0 aliphatic heterocycles. The summed E-state index contributed by atoms with van der Waals surface area (Å²) in [4.78, 5) is 12.4. The van der Waals surface area contributed by atoms with Crippen LogP contribution in [-0.2, 0) is 19.6 Å². The Kier molecular flexibility index (Phi) is 7.04. The van der Waals surface area contributed by atoms with Crippen LogP contribution >= 0.6 is 0 Å². The Labute approximate surface area is 198 Å². The van der Waals surface area contributed by atoms with E-state index in [4.69, 9.17) is 14.2 Å². The smallest absolute Gasteiger partial charge is 0.352 e. The monoisotopic (exact) mass is 460 g/mol. The number of methoxy groups -OCH3 is 3. The molecule has 0 aliphatic carbocycles. The van der Waals surface area contributed by atoms with E-state index in [-0.39, 0.29) is 0 Å². The minimum absolute atomic E-state index is 0.294. The minimum atomic E-state index is -0.947. The van der Waals surface area contributed by atoms with E-state index in [1.54, 1.807) is 21.3 Å². The number of fused-ring (bicyclic) bond motifs is 1. The van der Waals surface area contributed by atoms with E-state index in [0.29, 0.717) is 42.6 Å². The van der Waals surface area contributed by atoms with Crippen LogP contribution in [0.4, 0.5) is 0 Å². The Bertz CT molecular complexity index is 1270. The molecule has 7 heteroatoms. The molecule has 7 nitrogen and oxygen atoms in total. The van der Waals surface area contributed by atoms with Crippen LogP contribution in [0.1, 0.15) is 27.2 Å². The van der Waals surface area contributed by atoms with Crippen LogP contribution in [0, 0.1) is 0 Å². The number of hydrogen-bond donors (Lipinski definition) is 2. The number of aromatic nitrogens is 1. The van der Waals surface area contributed by atoms with Crippen molar-refractivity contribution in [1.82, 2.24) is 9.88 Å². The zero-order valence-electron chi connectivity index (χ0n) is 19.5. The van der Waals surface area contributed by atoms with Gasteiger partial charge in [0.1, 0.15) is 5.69 Å². The number of nitrogens with zero attached hydrogens (tertiary/aromatic N) is 1. The molecule has 0 saturated carbocycles. The molecule has 0 unspecified atom stereocenters. The van der Waals surface area contributed by atoms with E-state index in [2.05, 4.69) is 5.32 Å². The van der Waals surface area contributed by atoms with Crippen LogP contribution in [0.15, 0.2) is 66.7 Å². The van der Waals surface area contributed by atoms with Gasteiger partial charge in [0.15, 0.2) is 11.5 Å². The van der Waals surface area contributed by atoms with E-state index in [9.17, 15) is 9.90 Å². The molecule has 0 bridgehead atoms. The molecule has 4 aromatic rings.